The topological polar surface area (TPSA) is 58.6 Å². The number of carbonyl (C=O) groups excluding carboxylic acids is 1. The SMILES string of the molecule is CCOC(=O)C(CCSCCCO)NC1CC1. The number of aliphatic hydroxyl groups is 1. The normalized spacial score (nSPS) is 16.8. The Labute approximate surface area is 107 Å². The average molecular weight is 261 g/mol. The molecule has 1 unspecified atom stereocenters. The number of nitrogens with one attached hydrogen (secondary N) is 1. The zero-order valence-corrected chi connectivity index (χ0v) is 11.3. The Morgan fingerprint density at radius 1 is 1.53 bits per heavy atom. The van der Waals surface area contributed by atoms with Crippen molar-refractivity contribution in [2.45, 2.75) is 44.7 Å². The van der Waals surface area contributed by atoms with E-state index in [2.05, 4.69) is 5.32 Å². The maximum atomic E-state index is 11.7. The lowest BCUT2D eigenvalue weighted by Crippen LogP contribution is -2.39. The van der Waals surface area contributed by atoms with Crippen molar-refractivity contribution in [1.29, 1.82) is 0 Å². The molecule has 0 aromatic rings. The molecule has 1 rings (SSSR count). The van der Waals surface area contributed by atoms with Gasteiger partial charge in [-0.25, -0.2) is 0 Å². The first-order valence-corrected chi connectivity index (χ1v) is 7.54. The summed E-state index contributed by atoms with van der Waals surface area (Å²) >= 11 is 1.78. The highest BCUT2D eigenvalue weighted by Gasteiger charge is 2.28. The molecular formula is C12H23NO3S. The Morgan fingerprint density at radius 2 is 2.29 bits per heavy atom. The van der Waals surface area contributed by atoms with Gasteiger partial charge >= 0.3 is 5.97 Å². The Bertz CT molecular complexity index is 222. The molecule has 4 nitrogen and oxygen atoms in total. The monoisotopic (exact) mass is 261 g/mol. The van der Waals surface area contributed by atoms with E-state index < -0.39 is 0 Å². The van der Waals surface area contributed by atoms with Gasteiger partial charge in [0.1, 0.15) is 6.04 Å². The minimum atomic E-state index is -0.149. The minimum absolute atomic E-state index is 0.123. The highest BCUT2D eigenvalue weighted by Crippen LogP contribution is 2.20. The molecule has 17 heavy (non-hydrogen) atoms. The Hall–Kier alpha value is -0.260. The van der Waals surface area contributed by atoms with Gasteiger partial charge < -0.3 is 15.2 Å². The molecule has 2 N–H and O–H groups in total. The average Bonchev–Trinajstić information content (AvgIpc) is 3.11. The first kappa shape index (κ1) is 14.8. The Morgan fingerprint density at radius 3 is 2.88 bits per heavy atom. The summed E-state index contributed by atoms with van der Waals surface area (Å²) < 4.78 is 5.06. The highest BCUT2D eigenvalue weighted by molar-refractivity contribution is 7.99. The zero-order chi connectivity index (χ0) is 12.5. The van der Waals surface area contributed by atoms with Crippen LogP contribution in [0.5, 0.6) is 0 Å². The fraction of sp³-hybridized carbons (Fsp3) is 0.917. The van der Waals surface area contributed by atoms with Crippen molar-refractivity contribution in [2.75, 3.05) is 24.7 Å². The number of carbonyl (C=O) groups is 1. The van der Waals surface area contributed by atoms with Crippen molar-refractivity contribution >= 4 is 17.7 Å². The summed E-state index contributed by atoms with van der Waals surface area (Å²) in [6.45, 7) is 2.52. The molecule has 1 saturated carbocycles. The van der Waals surface area contributed by atoms with Crippen molar-refractivity contribution in [1.82, 2.24) is 5.32 Å². The molecule has 1 fully saturated rings. The van der Waals surface area contributed by atoms with Gasteiger partial charge in [-0.2, -0.15) is 11.8 Å². The van der Waals surface area contributed by atoms with Gasteiger partial charge in [0.05, 0.1) is 6.61 Å². The second kappa shape index (κ2) is 8.78. The fourth-order valence-corrected chi connectivity index (χ4v) is 2.46. The van der Waals surface area contributed by atoms with Crippen LogP contribution in [0.2, 0.25) is 0 Å². The number of esters is 1. The van der Waals surface area contributed by atoms with Gasteiger partial charge in [-0.05, 0) is 44.1 Å². The van der Waals surface area contributed by atoms with Crippen LogP contribution >= 0.6 is 11.8 Å². The van der Waals surface area contributed by atoms with E-state index in [1.54, 1.807) is 11.8 Å². The second-order valence-electron chi connectivity index (χ2n) is 4.22. The van der Waals surface area contributed by atoms with E-state index in [-0.39, 0.29) is 18.6 Å². The lowest BCUT2D eigenvalue weighted by Gasteiger charge is -2.16. The van der Waals surface area contributed by atoms with Crippen molar-refractivity contribution in [3.05, 3.63) is 0 Å². The van der Waals surface area contributed by atoms with Crippen LogP contribution < -0.4 is 5.32 Å². The van der Waals surface area contributed by atoms with E-state index in [1.165, 1.54) is 12.8 Å². The maximum absolute atomic E-state index is 11.7. The molecule has 0 amide bonds. The van der Waals surface area contributed by atoms with Gasteiger partial charge in [0.15, 0.2) is 0 Å². The largest absolute Gasteiger partial charge is 0.465 e. The summed E-state index contributed by atoms with van der Waals surface area (Å²) in [5.74, 6) is 1.76. The number of ether oxygens (including phenoxy) is 1. The molecule has 0 aliphatic heterocycles. The number of hydrogen-bond donors (Lipinski definition) is 2. The predicted octanol–water partition coefficient (Wildman–Crippen LogP) is 1.18. The van der Waals surface area contributed by atoms with Crippen LogP contribution in [0, 0.1) is 0 Å². The van der Waals surface area contributed by atoms with Crippen LogP contribution in [0.15, 0.2) is 0 Å². The van der Waals surface area contributed by atoms with Crippen LogP contribution in [0.1, 0.15) is 32.6 Å². The first-order chi connectivity index (χ1) is 8.27. The third-order valence-corrected chi connectivity index (χ3v) is 3.68. The van der Waals surface area contributed by atoms with E-state index in [0.717, 1.165) is 24.3 Å². The summed E-state index contributed by atoms with van der Waals surface area (Å²) in [6.07, 6.45) is 3.98. The Kier molecular flexibility index (Phi) is 7.64. The van der Waals surface area contributed by atoms with E-state index >= 15 is 0 Å². The van der Waals surface area contributed by atoms with Crippen LogP contribution in [-0.4, -0.2) is 47.9 Å². The summed E-state index contributed by atoms with van der Waals surface area (Å²) in [4.78, 5) is 11.7. The van der Waals surface area contributed by atoms with Gasteiger partial charge in [-0.15, -0.1) is 0 Å². The van der Waals surface area contributed by atoms with Crippen LogP contribution in [-0.2, 0) is 9.53 Å². The molecular weight excluding hydrogens is 238 g/mol. The van der Waals surface area contributed by atoms with Gasteiger partial charge in [0.2, 0.25) is 0 Å². The van der Waals surface area contributed by atoms with Gasteiger partial charge in [-0.1, -0.05) is 0 Å². The molecule has 0 aromatic carbocycles. The summed E-state index contributed by atoms with van der Waals surface area (Å²) in [6, 6.07) is 0.371. The van der Waals surface area contributed by atoms with E-state index in [1.807, 2.05) is 6.92 Å². The smallest absolute Gasteiger partial charge is 0.323 e. The van der Waals surface area contributed by atoms with Gasteiger partial charge in [0.25, 0.3) is 0 Å². The Balaban J connectivity index is 2.17. The zero-order valence-electron chi connectivity index (χ0n) is 10.5. The lowest BCUT2D eigenvalue weighted by atomic mass is 10.2. The van der Waals surface area contributed by atoms with E-state index in [0.29, 0.717) is 12.6 Å². The van der Waals surface area contributed by atoms with Crippen LogP contribution in [0.3, 0.4) is 0 Å². The third-order valence-electron chi connectivity index (χ3n) is 2.58. The molecule has 0 saturated heterocycles. The summed E-state index contributed by atoms with van der Waals surface area (Å²) in [5, 5.41) is 12.0. The van der Waals surface area contributed by atoms with Crippen molar-refractivity contribution in [2.24, 2.45) is 0 Å². The number of rotatable bonds is 10. The van der Waals surface area contributed by atoms with Gasteiger partial charge in [0, 0.05) is 12.6 Å². The molecule has 1 atom stereocenters. The fourth-order valence-electron chi connectivity index (χ4n) is 1.52. The van der Waals surface area contributed by atoms with Crippen LogP contribution in [0.4, 0.5) is 0 Å². The summed E-state index contributed by atoms with van der Waals surface area (Å²) in [5.41, 5.74) is 0. The van der Waals surface area contributed by atoms with Gasteiger partial charge in [-0.3, -0.25) is 4.79 Å². The third kappa shape index (κ3) is 6.91. The second-order valence-corrected chi connectivity index (χ2v) is 5.45. The van der Waals surface area contributed by atoms with Crippen molar-refractivity contribution in [3.8, 4) is 0 Å². The summed E-state index contributed by atoms with van der Waals surface area (Å²) in [7, 11) is 0. The highest BCUT2D eigenvalue weighted by atomic mass is 32.2. The van der Waals surface area contributed by atoms with E-state index in [9.17, 15) is 4.79 Å². The molecule has 0 radical (unpaired) electrons. The molecule has 1 aliphatic rings. The van der Waals surface area contributed by atoms with E-state index in [4.69, 9.17) is 9.84 Å². The molecule has 0 spiro atoms. The number of aliphatic hydroxyl groups excluding tert-OH is 1. The lowest BCUT2D eigenvalue weighted by molar-refractivity contribution is -0.145. The molecule has 0 heterocycles. The molecule has 0 aromatic heterocycles. The van der Waals surface area contributed by atoms with Crippen molar-refractivity contribution in [3.63, 3.8) is 0 Å². The standard InChI is InChI=1S/C12H23NO3S/c1-2-16-12(15)11(13-10-4-5-10)6-9-17-8-3-7-14/h10-11,13-14H,2-9H2,1H3. The predicted molar refractivity (Wildman–Crippen MR) is 70.2 cm³/mol. The molecule has 100 valence electrons. The van der Waals surface area contributed by atoms with Crippen LogP contribution in [0.25, 0.3) is 0 Å². The first-order valence-electron chi connectivity index (χ1n) is 6.39. The molecule has 0 bridgehead atoms. The minimum Gasteiger partial charge on any atom is -0.465 e. The van der Waals surface area contributed by atoms with Crippen molar-refractivity contribution < 1.29 is 14.6 Å². The molecule has 1 aliphatic carbocycles. The number of thioether (sulfide) groups is 1. The molecule has 5 heteroatoms. The number of hydrogen-bond acceptors (Lipinski definition) is 5. The quantitative estimate of drug-likeness (QED) is 0.457. The maximum Gasteiger partial charge on any atom is 0.323 e.